The van der Waals surface area contributed by atoms with Gasteiger partial charge in [-0.15, -0.1) is 0 Å². The number of esters is 1. The Morgan fingerprint density at radius 3 is 2.57 bits per heavy atom. The molecule has 150 valence electrons. The van der Waals surface area contributed by atoms with Crippen LogP contribution >= 0.6 is 11.6 Å². The van der Waals surface area contributed by atoms with Crippen LogP contribution in [0.3, 0.4) is 0 Å². The molecule has 0 aliphatic carbocycles. The van der Waals surface area contributed by atoms with E-state index in [1.54, 1.807) is 30.3 Å². The van der Waals surface area contributed by atoms with Gasteiger partial charge in [-0.3, -0.25) is 15.0 Å². The first-order chi connectivity index (χ1) is 14.5. The molecular weight excluding hydrogens is 408 g/mol. The van der Waals surface area contributed by atoms with E-state index in [2.05, 4.69) is 10.2 Å². The fourth-order valence-electron chi connectivity index (χ4n) is 2.97. The largest absolute Gasteiger partial charge is 0.465 e. The number of benzene rings is 2. The van der Waals surface area contributed by atoms with Crippen LogP contribution in [0.25, 0.3) is 17.4 Å². The van der Waals surface area contributed by atoms with E-state index >= 15 is 0 Å². The molecule has 1 saturated heterocycles. The Balaban J connectivity index is 1.57. The van der Waals surface area contributed by atoms with E-state index in [0.717, 1.165) is 10.6 Å². The Labute approximate surface area is 176 Å². The van der Waals surface area contributed by atoms with E-state index in [0.29, 0.717) is 27.8 Å². The van der Waals surface area contributed by atoms with Gasteiger partial charge >= 0.3 is 5.97 Å². The highest BCUT2D eigenvalue weighted by molar-refractivity contribution is 6.31. The van der Waals surface area contributed by atoms with Crippen LogP contribution in [0.2, 0.25) is 5.02 Å². The summed E-state index contributed by atoms with van der Waals surface area (Å²) in [4.78, 5) is 36.6. The molecule has 2 heterocycles. The van der Waals surface area contributed by atoms with Gasteiger partial charge in [0, 0.05) is 10.6 Å². The van der Waals surface area contributed by atoms with E-state index < -0.39 is 17.8 Å². The van der Waals surface area contributed by atoms with Crippen molar-refractivity contribution in [1.29, 1.82) is 0 Å². The molecule has 1 aliphatic rings. The van der Waals surface area contributed by atoms with Crippen LogP contribution in [0.5, 0.6) is 0 Å². The van der Waals surface area contributed by atoms with Crippen LogP contribution in [0.4, 0.5) is 5.69 Å². The average molecular weight is 423 g/mol. The van der Waals surface area contributed by atoms with Gasteiger partial charge in [0.2, 0.25) is 0 Å². The zero-order chi connectivity index (χ0) is 21.3. The van der Waals surface area contributed by atoms with E-state index in [1.165, 1.54) is 37.5 Å². The summed E-state index contributed by atoms with van der Waals surface area (Å²) in [6, 6.07) is 16.6. The van der Waals surface area contributed by atoms with Crippen LogP contribution in [-0.2, 0) is 14.3 Å². The third kappa shape index (κ3) is 3.70. The van der Waals surface area contributed by atoms with Gasteiger partial charge in [-0.2, -0.15) is 0 Å². The van der Waals surface area contributed by atoms with E-state index in [1.807, 2.05) is 6.07 Å². The molecule has 4 rings (SSSR count). The Kier molecular flexibility index (Phi) is 5.12. The van der Waals surface area contributed by atoms with Crippen molar-refractivity contribution in [3.8, 4) is 11.3 Å². The molecule has 0 bridgehead atoms. The maximum atomic E-state index is 12.7. The SMILES string of the molecule is COC(=O)c1ccc(N2NC(=O)/C(=C/c3ccc(-c4cccc(Cl)c4)o3)C2=O)cc1. The molecule has 3 aromatic rings. The van der Waals surface area contributed by atoms with Gasteiger partial charge < -0.3 is 9.15 Å². The highest BCUT2D eigenvalue weighted by Gasteiger charge is 2.34. The average Bonchev–Trinajstić information content (AvgIpc) is 3.34. The number of ether oxygens (including phenoxy) is 1. The third-order valence-corrected chi connectivity index (χ3v) is 4.70. The number of nitrogens with one attached hydrogen (secondary N) is 1. The van der Waals surface area contributed by atoms with Crippen molar-refractivity contribution in [3.05, 3.63) is 82.6 Å². The lowest BCUT2D eigenvalue weighted by Crippen LogP contribution is -2.35. The number of hydrazine groups is 1. The molecule has 0 unspecified atom stereocenters. The van der Waals surface area contributed by atoms with Crippen LogP contribution in [0.1, 0.15) is 16.1 Å². The normalized spacial score (nSPS) is 14.9. The van der Waals surface area contributed by atoms with Gasteiger partial charge in [0.1, 0.15) is 17.1 Å². The maximum Gasteiger partial charge on any atom is 0.337 e. The fourth-order valence-corrected chi connectivity index (χ4v) is 3.16. The maximum absolute atomic E-state index is 12.7. The number of amides is 2. The molecule has 0 spiro atoms. The molecule has 1 N–H and O–H groups in total. The van der Waals surface area contributed by atoms with Crippen molar-refractivity contribution in [2.45, 2.75) is 0 Å². The van der Waals surface area contributed by atoms with Gasteiger partial charge in [-0.1, -0.05) is 23.7 Å². The number of anilines is 1. The molecule has 0 atom stereocenters. The minimum Gasteiger partial charge on any atom is -0.465 e. The third-order valence-electron chi connectivity index (χ3n) is 4.46. The summed E-state index contributed by atoms with van der Waals surface area (Å²) >= 11 is 6.00. The monoisotopic (exact) mass is 422 g/mol. The van der Waals surface area contributed by atoms with Crippen molar-refractivity contribution in [3.63, 3.8) is 0 Å². The van der Waals surface area contributed by atoms with Crippen LogP contribution in [0.15, 0.2) is 70.7 Å². The van der Waals surface area contributed by atoms with Crippen LogP contribution in [-0.4, -0.2) is 24.9 Å². The second kappa shape index (κ2) is 7.88. The first-order valence-electron chi connectivity index (χ1n) is 8.87. The van der Waals surface area contributed by atoms with E-state index in [-0.39, 0.29) is 5.57 Å². The lowest BCUT2D eigenvalue weighted by atomic mass is 10.2. The Morgan fingerprint density at radius 1 is 1.10 bits per heavy atom. The number of hydrogen-bond acceptors (Lipinski definition) is 5. The topological polar surface area (TPSA) is 88.8 Å². The molecule has 0 radical (unpaired) electrons. The number of halogens is 1. The molecule has 2 amide bonds. The highest BCUT2D eigenvalue weighted by atomic mass is 35.5. The van der Waals surface area contributed by atoms with Gasteiger partial charge in [-0.25, -0.2) is 9.80 Å². The Hall–Kier alpha value is -3.84. The quantitative estimate of drug-likeness (QED) is 0.392. The predicted octanol–water partition coefficient (Wildman–Crippen LogP) is 3.85. The smallest absolute Gasteiger partial charge is 0.337 e. The molecule has 8 heteroatoms. The molecule has 7 nitrogen and oxygen atoms in total. The van der Waals surface area contributed by atoms with Gasteiger partial charge in [-0.05, 0) is 54.6 Å². The molecular formula is C22H15ClN2O5. The lowest BCUT2D eigenvalue weighted by molar-refractivity contribution is -0.117. The first kappa shape index (κ1) is 19.5. The minimum atomic E-state index is -0.558. The molecule has 1 fully saturated rings. The van der Waals surface area contributed by atoms with E-state index in [4.69, 9.17) is 16.0 Å². The second-order valence-electron chi connectivity index (χ2n) is 6.39. The number of carbonyl (C=O) groups excluding carboxylic acids is 3. The van der Waals surface area contributed by atoms with Crippen molar-refractivity contribution < 1.29 is 23.5 Å². The summed E-state index contributed by atoms with van der Waals surface area (Å²) in [5.41, 5.74) is 3.95. The fraction of sp³-hybridized carbons (Fsp3) is 0.0455. The number of nitrogens with zero attached hydrogens (tertiary/aromatic N) is 1. The van der Waals surface area contributed by atoms with Crippen LogP contribution in [0, 0.1) is 0 Å². The van der Waals surface area contributed by atoms with Crippen molar-refractivity contribution in [2.75, 3.05) is 12.1 Å². The zero-order valence-electron chi connectivity index (χ0n) is 15.7. The molecule has 1 aliphatic heterocycles. The summed E-state index contributed by atoms with van der Waals surface area (Å²) in [6.07, 6.45) is 1.38. The van der Waals surface area contributed by atoms with Crippen molar-refractivity contribution in [2.24, 2.45) is 0 Å². The Bertz CT molecular complexity index is 1180. The summed E-state index contributed by atoms with van der Waals surface area (Å²) < 4.78 is 10.4. The molecule has 2 aromatic carbocycles. The van der Waals surface area contributed by atoms with Gasteiger partial charge in [0.25, 0.3) is 11.8 Å². The van der Waals surface area contributed by atoms with Gasteiger partial charge in [0.05, 0.1) is 18.4 Å². The predicted molar refractivity (Wildman–Crippen MR) is 111 cm³/mol. The summed E-state index contributed by atoms with van der Waals surface area (Å²) in [6.45, 7) is 0. The standard InChI is InChI=1S/C22H15ClN2O5/c1-29-22(28)13-5-7-16(8-6-13)25-21(27)18(20(26)24-25)12-17-9-10-19(30-17)14-3-2-4-15(23)11-14/h2-12H,1H3,(H,24,26)/b18-12-. The van der Waals surface area contributed by atoms with Crippen LogP contribution < -0.4 is 10.4 Å². The number of rotatable bonds is 4. The first-order valence-corrected chi connectivity index (χ1v) is 9.25. The second-order valence-corrected chi connectivity index (χ2v) is 6.83. The van der Waals surface area contributed by atoms with Crippen molar-refractivity contribution in [1.82, 2.24) is 5.43 Å². The zero-order valence-corrected chi connectivity index (χ0v) is 16.5. The molecule has 0 saturated carbocycles. The summed E-state index contributed by atoms with van der Waals surface area (Å²) in [5, 5.41) is 1.68. The van der Waals surface area contributed by atoms with Crippen molar-refractivity contribution >= 4 is 41.1 Å². The highest BCUT2D eigenvalue weighted by Crippen LogP contribution is 2.27. The number of methoxy groups -OCH3 is 1. The summed E-state index contributed by atoms with van der Waals surface area (Å²) in [5.74, 6) is -0.673. The molecule has 1 aromatic heterocycles. The van der Waals surface area contributed by atoms with E-state index in [9.17, 15) is 14.4 Å². The van der Waals surface area contributed by atoms with Gasteiger partial charge in [0.15, 0.2) is 0 Å². The number of hydrogen-bond donors (Lipinski definition) is 1. The molecule has 30 heavy (non-hydrogen) atoms. The summed E-state index contributed by atoms with van der Waals surface area (Å²) in [7, 11) is 1.28. The number of furan rings is 1. The lowest BCUT2D eigenvalue weighted by Gasteiger charge is -2.14. The minimum absolute atomic E-state index is 0.0703. The Morgan fingerprint density at radius 2 is 1.87 bits per heavy atom. The number of carbonyl (C=O) groups is 3.